The molecule has 0 unspecified atom stereocenters. The first-order valence-electron chi connectivity index (χ1n) is 6.73. The molecule has 3 heterocycles. The average molecular weight is 279 g/mol. The Bertz CT molecular complexity index is 584. The maximum atomic E-state index is 6.07. The van der Waals surface area contributed by atoms with Crippen LogP contribution in [0.4, 0.5) is 0 Å². The van der Waals surface area contributed by atoms with E-state index in [9.17, 15) is 0 Å². The second-order valence-electron chi connectivity index (χ2n) is 5.42. The molecule has 2 aromatic heterocycles. The van der Waals surface area contributed by atoms with Crippen molar-refractivity contribution in [3.05, 3.63) is 34.7 Å². The summed E-state index contributed by atoms with van der Waals surface area (Å²) in [6, 6.07) is 2.33. The number of pyridine rings is 1. The highest BCUT2D eigenvalue weighted by Gasteiger charge is 2.17. The molecule has 0 amide bonds. The fourth-order valence-corrected chi connectivity index (χ4v) is 2.96. The fraction of sp³-hybridized carbons (Fsp3) is 0.500. The van der Waals surface area contributed by atoms with Crippen molar-refractivity contribution in [3.63, 3.8) is 0 Å². The quantitative estimate of drug-likeness (QED) is 0.916. The number of halogens is 1. The predicted octanol–water partition coefficient (Wildman–Crippen LogP) is 2.22. The van der Waals surface area contributed by atoms with Gasteiger partial charge in [0.05, 0.1) is 10.7 Å². The molecular weight excluding hydrogens is 260 g/mol. The number of fused-ring (bicyclic) bond motifs is 1. The van der Waals surface area contributed by atoms with Crippen LogP contribution >= 0.6 is 11.6 Å². The maximum absolute atomic E-state index is 6.07. The Balaban J connectivity index is 1.80. The minimum absolute atomic E-state index is 0.373. The molecule has 1 aliphatic rings. The van der Waals surface area contributed by atoms with Crippen molar-refractivity contribution in [2.45, 2.75) is 32.4 Å². The van der Waals surface area contributed by atoms with Gasteiger partial charge >= 0.3 is 0 Å². The maximum Gasteiger partial charge on any atom is 0.140 e. The first-order chi connectivity index (χ1) is 9.11. The molecule has 2 aromatic rings. The lowest BCUT2D eigenvalue weighted by Gasteiger charge is -2.29. The minimum atomic E-state index is 0.373. The zero-order valence-corrected chi connectivity index (χ0v) is 11.9. The summed E-state index contributed by atoms with van der Waals surface area (Å²) in [7, 11) is 0. The third kappa shape index (κ3) is 2.76. The Labute approximate surface area is 118 Å². The number of piperidine rings is 1. The summed E-state index contributed by atoms with van der Waals surface area (Å²) in [5, 5.41) is 0.748. The second kappa shape index (κ2) is 5.12. The number of nitrogens with zero attached hydrogens (tertiary/aromatic N) is 3. The monoisotopic (exact) mass is 278 g/mol. The van der Waals surface area contributed by atoms with E-state index in [1.54, 1.807) is 0 Å². The van der Waals surface area contributed by atoms with Gasteiger partial charge in [0.2, 0.25) is 0 Å². The zero-order valence-electron chi connectivity index (χ0n) is 11.1. The van der Waals surface area contributed by atoms with Gasteiger partial charge in [-0.2, -0.15) is 0 Å². The highest BCUT2D eigenvalue weighted by Crippen LogP contribution is 2.18. The standard InChI is InChI=1S/C14H19ClN4/c1-10-6-11(15)7-19-9-13(17-14(10)19)8-18-4-2-12(16)3-5-18/h6-7,9,12H,2-5,8,16H2,1H3. The lowest BCUT2D eigenvalue weighted by molar-refractivity contribution is 0.204. The molecule has 0 bridgehead atoms. The molecule has 0 aromatic carbocycles. The van der Waals surface area contributed by atoms with Crippen LogP contribution in [0.5, 0.6) is 0 Å². The van der Waals surface area contributed by atoms with Crippen molar-refractivity contribution < 1.29 is 0 Å². The van der Waals surface area contributed by atoms with Gasteiger partial charge in [-0.25, -0.2) is 4.98 Å². The van der Waals surface area contributed by atoms with Gasteiger partial charge in [0.15, 0.2) is 0 Å². The Morgan fingerprint density at radius 2 is 2.11 bits per heavy atom. The Kier molecular flexibility index (Phi) is 3.48. The molecule has 3 rings (SSSR count). The van der Waals surface area contributed by atoms with Gasteiger partial charge in [-0.3, -0.25) is 4.90 Å². The van der Waals surface area contributed by atoms with Crippen LogP contribution in [0.15, 0.2) is 18.5 Å². The smallest absolute Gasteiger partial charge is 0.140 e. The summed E-state index contributed by atoms with van der Waals surface area (Å²) < 4.78 is 2.02. The number of aromatic nitrogens is 2. The van der Waals surface area contributed by atoms with Gasteiger partial charge in [0.25, 0.3) is 0 Å². The number of nitrogens with two attached hydrogens (primary N) is 1. The summed E-state index contributed by atoms with van der Waals surface area (Å²) in [5.74, 6) is 0. The largest absolute Gasteiger partial charge is 0.328 e. The summed E-state index contributed by atoms with van der Waals surface area (Å²) in [6.07, 6.45) is 6.14. The van der Waals surface area contributed by atoms with Crippen LogP contribution in [0, 0.1) is 6.92 Å². The number of hydrogen-bond donors (Lipinski definition) is 1. The minimum Gasteiger partial charge on any atom is -0.328 e. The van der Waals surface area contributed by atoms with Crippen molar-refractivity contribution in [2.24, 2.45) is 5.73 Å². The molecule has 0 atom stereocenters. The molecule has 2 N–H and O–H groups in total. The van der Waals surface area contributed by atoms with Gasteiger partial charge in [-0.15, -0.1) is 0 Å². The van der Waals surface area contributed by atoms with Crippen LogP contribution in [0.1, 0.15) is 24.1 Å². The highest BCUT2D eigenvalue weighted by molar-refractivity contribution is 6.30. The number of likely N-dealkylation sites (tertiary alicyclic amines) is 1. The van der Waals surface area contributed by atoms with E-state index in [0.717, 1.165) is 54.4 Å². The fourth-order valence-electron chi connectivity index (χ4n) is 2.69. The van der Waals surface area contributed by atoms with E-state index >= 15 is 0 Å². The Morgan fingerprint density at radius 1 is 1.37 bits per heavy atom. The molecule has 102 valence electrons. The van der Waals surface area contributed by atoms with Crippen molar-refractivity contribution in [3.8, 4) is 0 Å². The van der Waals surface area contributed by atoms with Crippen LogP contribution in [0.2, 0.25) is 5.02 Å². The first-order valence-corrected chi connectivity index (χ1v) is 7.11. The van der Waals surface area contributed by atoms with Gasteiger partial charge in [0.1, 0.15) is 5.65 Å². The van der Waals surface area contributed by atoms with E-state index in [0.29, 0.717) is 6.04 Å². The number of rotatable bonds is 2. The third-order valence-electron chi connectivity index (χ3n) is 3.77. The van der Waals surface area contributed by atoms with E-state index in [-0.39, 0.29) is 0 Å². The topological polar surface area (TPSA) is 46.6 Å². The summed E-state index contributed by atoms with van der Waals surface area (Å²) in [5.41, 5.74) is 9.13. The predicted molar refractivity (Wildman–Crippen MR) is 77.4 cm³/mol. The lowest BCUT2D eigenvalue weighted by atomic mass is 10.1. The molecule has 1 saturated heterocycles. The average Bonchev–Trinajstić information content (AvgIpc) is 2.75. The van der Waals surface area contributed by atoms with Crippen molar-refractivity contribution >= 4 is 17.2 Å². The summed E-state index contributed by atoms with van der Waals surface area (Å²) in [6.45, 7) is 5.06. The normalized spacial score (nSPS) is 18.3. The van der Waals surface area contributed by atoms with Gasteiger partial charge in [-0.1, -0.05) is 11.6 Å². The molecule has 1 aliphatic heterocycles. The molecule has 0 radical (unpaired) electrons. The van der Waals surface area contributed by atoms with Crippen LogP contribution in [-0.2, 0) is 6.54 Å². The second-order valence-corrected chi connectivity index (χ2v) is 5.85. The highest BCUT2D eigenvalue weighted by atomic mass is 35.5. The van der Waals surface area contributed by atoms with E-state index < -0.39 is 0 Å². The third-order valence-corrected chi connectivity index (χ3v) is 3.98. The molecule has 0 spiro atoms. The van der Waals surface area contributed by atoms with Crippen molar-refractivity contribution in [2.75, 3.05) is 13.1 Å². The van der Waals surface area contributed by atoms with Crippen LogP contribution < -0.4 is 5.73 Å². The number of imidazole rings is 1. The van der Waals surface area contributed by atoms with E-state index in [1.165, 1.54) is 0 Å². The summed E-state index contributed by atoms with van der Waals surface area (Å²) in [4.78, 5) is 7.12. The zero-order chi connectivity index (χ0) is 13.4. The number of hydrogen-bond acceptors (Lipinski definition) is 3. The molecular formula is C14H19ClN4. The Hall–Kier alpha value is -1.10. The van der Waals surface area contributed by atoms with Crippen LogP contribution in [-0.4, -0.2) is 33.4 Å². The van der Waals surface area contributed by atoms with Crippen molar-refractivity contribution in [1.29, 1.82) is 0 Å². The molecule has 4 nitrogen and oxygen atoms in total. The Morgan fingerprint density at radius 3 is 2.84 bits per heavy atom. The van der Waals surface area contributed by atoms with Crippen LogP contribution in [0.25, 0.3) is 5.65 Å². The number of aryl methyl sites for hydroxylation is 1. The van der Waals surface area contributed by atoms with E-state index in [2.05, 4.69) is 11.1 Å². The van der Waals surface area contributed by atoms with E-state index in [4.69, 9.17) is 22.3 Å². The molecule has 0 aliphatic carbocycles. The van der Waals surface area contributed by atoms with Gasteiger partial charge < -0.3 is 10.1 Å². The SMILES string of the molecule is Cc1cc(Cl)cn2cc(CN3CCC(N)CC3)nc12. The molecule has 5 heteroatoms. The molecule has 0 saturated carbocycles. The van der Waals surface area contributed by atoms with E-state index in [1.807, 2.05) is 23.6 Å². The summed E-state index contributed by atoms with van der Waals surface area (Å²) >= 11 is 6.07. The van der Waals surface area contributed by atoms with Gasteiger partial charge in [0, 0.05) is 38.1 Å². The molecule has 1 fully saturated rings. The van der Waals surface area contributed by atoms with Crippen LogP contribution in [0.3, 0.4) is 0 Å². The van der Waals surface area contributed by atoms with Gasteiger partial charge in [-0.05, 0) is 31.4 Å². The first kappa shape index (κ1) is 12.9. The molecule has 19 heavy (non-hydrogen) atoms. The van der Waals surface area contributed by atoms with Crippen molar-refractivity contribution in [1.82, 2.24) is 14.3 Å². The lowest BCUT2D eigenvalue weighted by Crippen LogP contribution is -2.39.